The zero-order chi connectivity index (χ0) is 20.6. The molecule has 0 aromatic heterocycles. The highest BCUT2D eigenvalue weighted by atomic mass is 16.3. The number of carbonyl (C=O) groups excluding carboxylic acids is 3. The maximum atomic E-state index is 13.0. The van der Waals surface area contributed by atoms with Crippen molar-refractivity contribution in [2.75, 3.05) is 11.4 Å². The lowest BCUT2D eigenvalue weighted by atomic mass is 10.0. The highest BCUT2D eigenvalue weighted by Crippen LogP contribution is 2.18. The number of rotatable bonds is 9. The average Bonchev–Trinajstić information content (AvgIpc) is 2.64. The maximum absolute atomic E-state index is 13.0. The van der Waals surface area contributed by atoms with E-state index in [0.29, 0.717) is 18.5 Å². The van der Waals surface area contributed by atoms with Crippen molar-refractivity contribution in [2.45, 2.75) is 45.4 Å². The molecule has 9 nitrogen and oxygen atoms in total. The third kappa shape index (κ3) is 6.31. The molecular weight excluding hydrogens is 350 g/mol. The molecule has 0 fully saturated rings. The fourth-order valence-electron chi connectivity index (χ4n) is 2.42. The summed E-state index contributed by atoms with van der Waals surface area (Å²) in [6.45, 7) is 3.73. The Kier molecular flexibility index (Phi) is 8.86. The van der Waals surface area contributed by atoms with E-state index in [4.69, 9.17) is 22.3 Å². The van der Waals surface area contributed by atoms with Crippen LogP contribution in [-0.4, -0.2) is 41.6 Å². The molecule has 0 aliphatic carbocycles. The van der Waals surface area contributed by atoms with Gasteiger partial charge in [0.2, 0.25) is 5.91 Å². The number of benzene rings is 1. The smallest absolute Gasteiger partial charge is 0.326 e. The number of anilines is 1. The first-order valence-corrected chi connectivity index (χ1v) is 8.82. The number of hydrogen-bond acceptors (Lipinski definition) is 6. The van der Waals surface area contributed by atoms with Crippen molar-refractivity contribution < 1.29 is 19.5 Å². The molecule has 0 aliphatic rings. The van der Waals surface area contributed by atoms with Gasteiger partial charge in [0.05, 0.1) is 18.3 Å². The van der Waals surface area contributed by atoms with Crippen LogP contribution < -0.4 is 27.4 Å². The second kappa shape index (κ2) is 10.6. The van der Waals surface area contributed by atoms with Gasteiger partial charge in [-0.05, 0) is 43.0 Å². The van der Waals surface area contributed by atoms with Gasteiger partial charge in [-0.2, -0.15) is 0 Å². The summed E-state index contributed by atoms with van der Waals surface area (Å²) < 4.78 is 0. The average molecular weight is 379 g/mol. The van der Waals surface area contributed by atoms with Crippen molar-refractivity contribution >= 4 is 23.5 Å². The number of nitrogens with one attached hydrogen (secondary N) is 1. The second-order valence-electron chi connectivity index (χ2n) is 6.60. The summed E-state index contributed by atoms with van der Waals surface area (Å²) in [7, 11) is 0. The third-order valence-corrected chi connectivity index (χ3v) is 4.15. The number of carbonyl (C=O) groups is 3. The minimum Gasteiger partial charge on any atom is -0.392 e. The number of aliphatic hydroxyl groups is 1. The van der Waals surface area contributed by atoms with Gasteiger partial charge in [0.1, 0.15) is 6.04 Å². The van der Waals surface area contributed by atoms with Crippen LogP contribution in [0.25, 0.3) is 0 Å². The number of hydrogen-bond donors (Lipinski definition) is 5. The Hall–Kier alpha value is -2.49. The number of nitrogens with zero attached hydrogens (tertiary/aromatic N) is 1. The molecule has 0 saturated carbocycles. The lowest BCUT2D eigenvalue weighted by Crippen LogP contribution is -2.56. The van der Waals surface area contributed by atoms with E-state index in [1.165, 1.54) is 12.1 Å². The predicted molar refractivity (Wildman–Crippen MR) is 102 cm³/mol. The second-order valence-corrected chi connectivity index (χ2v) is 6.60. The standard InChI is InChI=1S/C18H29N5O4/c1-11(2)15(20)16(25)22-14(4-3-9-19)17(26)23(18(21)27)13-7-5-12(10-24)6-8-13/h5-8,11,14-15,24H,3-4,9-10,19-20H2,1-2H3,(H2,21,27)(H,22,25)/t14-,15-/m0/s1. The SMILES string of the molecule is CC(C)[C@H](N)C(=O)N[C@@H](CCCN)C(=O)N(C(N)=O)c1ccc(CO)cc1. The molecule has 2 atom stereocenters. The maximum Gasteiger partial charge on any atom is 0.326 e. The summed E-state index contributed by atoms with van der Waals surface area (Å²) in [4.78, 5) is 38.0. The Morgan fingerprint density at radius 1 is 1.19 bits per heavy atom. The Morgan fingerprint density at radius 2 is 1.78 bits per heavy atom. The molecule has 1 aromatic carbocycles. The molecule has 27 heavy (non-hydrogen) atoms. The van der Waals surface area contributed by atoms with Gasteiger partial charge in [0, 0.05) is 0 Å². The number of primary amides is 1. The van der Waals surface area contributed by atoms with Gasteiger partial charge in [-0.25, -0.2) is 9.69 Å². The van der Waals surface area contributed by atoms with E-state index >= 15 is 0 Å². The van der Waals surface area contributed by atoms with Gasteiger partial charge in [-0.3, -0.25) is 9.59 Å². The molecule has 150 valence electrons. The molecule has 4 amide bonds. The number of imide groups is 1. The largest absolute Gasteiger partial charge is 0.392 e. The molecule has 0 aliphatic heterocycles. The summed E-state index contributed by atoms with van der Waals surface area (Å²) in [6.07, 6.45) is 0.702. The van der Waals surface area contributed by atoms with E-state index in [2.05, 4.69) is 5.32 Å². The van der Waals surface area contributed by atoms with Crippen LogP contribution in [0.5, 0.6) is 0 Å². The molecule has 0 saturated heterocycles. The van der Waals surface area contributed by atoms with E-state index in [0.717, 1.165) is 4.90 Å². The zero-order valence-electron chi connectivity index (χ0n) is 15.7. The summed E-state index contributed by atoms with van der Waals surface area (Å²) >= 11 is 0. The van der Waals surface area contributed by atoms with Gasteiger partial charge in [-0.1, -0.05) is 26.0 Å². The normalized spacial score (nSPS) is 13.1. The third-order valence-electron chi connectivity index (χ3n) is 4.15. The fourth-order valence-corrected chi connectivity index (χ4v) is 2.42. The molecule has 0 heterocycles. The first-order chi connectivity index (χ1) is 12.7. The minimum atomic E-state index is -0.990. The van der Waals surface area contributed by atoms with Gasteiger partial charge in [-0.15, -0.1) is 0 Å². The lowest BCUT2D eigenvalue weighted by molar-refractivity contribution is -0.128. The molecule has 9 heteroatoms. The first kappa shape index (κ1) is 22.6. The molecule has 1 rings (SSSR count). The number of aliphatic hydroxyl groups excluding tert-OH is 1. The highest BCUT2D eigenvalue weighted by molar-refractivity contribution is 6.16. The monoisotopic (exact) mass is 379 g/mol. The lowest BCUT2D eigenvalue weighted by Gasteiger charge is -2.27. The molecule has 0 spiro atoms. The van der Waals surface area contributed by atoms with Gasteiger partial charge >= 0.3 is 6.03 Å². The van der Waals surface area contributed by atoms with Crippen molar-refractivity contribution in [3.8, 4) is 0 Å². The van der Waals surface area contributed by atoms with E-state index in [-0.39, 0.29) is 24.6 Å². The van der Waals surface area contributed by atoms with Crippen LogP contribution in [0.15, 0.2) is 24.3 Å². The van der Waals surface area contributed by atoms with E-state index < -0.39 is 29.9 Å². The summed E-state index contributed by atoms with van der Waals surface area (Å²) in [5.74, 6) is -1.27. The van der Waals surface area contributed by atoms with Crippen LogP contribution in [0.1, 0.15) is 32.3 Å². The Bertz CT molecular complexity index is 648. The summed E-state index contributed by atoms with van der Waals surface area (Å²) in [6, 6.07) is 3.38. The Balaban J connectivity index is 3.10. The van der Waals surface area contributed by atoms with E-state index in [1.807, 2.05) is 0 Å². The van der Waals surface area contributed by atoms with Crippen LogP contribution in [0, 0.1) is 5.92 Å². The number of amides is 4. The van der Waals surface area contributed by atoms with Gasteiger partial charge < -0.3 is 27.6 Å². The Labute approximate surface area is 158 Å². The van der Waals surface area contributed by atoms with E-state index in [1.54, 1.807) is 26.0 Å². The van der Waals surface area contributed by atoms with Crippen LogP contribution >= 0.6 is 0 Å². The van der Waals surface area contributed by atoms with Crippen molar-refractivity contribution in [3.05, 3.63) is 29.8 Å². The van der Waals surface area contributed by atoms with Crippen LogP contribution in [0.3, 0.4) is 0 Å². The fraction of sp³-hybridized carbons (Fsp3) is 0.500. The number of urea groups is 1. The molecule has 1 aromatic rings. The highest BCUT2D eigenvalue weighted by Gasteiger charge is 2.31. The molecule has 8 N–H and O–H groups in total. The van der Waals surface area contributed by atoms with Crippen LogP contribution in [0.2, 0.25) is 0 Å². The zero-order valence-corrected chi connectivity index (χ0v) is 15.7. The van der Waals surface area contributed by atoms with E-state index in [9.17, 15) is 14.4 Å². The molecule has 0 unspecified atom stereocenters. The van der Waals surface area contributed by atoms with Gasteiger partial charge in [0.25, 0.3) is 5.91 Å². The molecule has 0 radical (unpaired) electrons. The van der Waals surface area contributed by atoms with Gasteiger partial charge in [0.15, 0.2) is 0 Å². The summed E-state index contributed by atoms with van der Waals surface area (Å²) in [5.41, 5.74) is 17.6. The Morgan fingerprint density at radius 3 is 2.22 bits per heavy atom. The minimum absolute atomic E-state index is 0.117. The predicted octanol–water partition coefficient (Wildman–Crippen LogP) is -0.202. The van der Waals surface area contributed by atoms with Crippen LogP contribution in [0.4, 0.5) is 10.5 Å². The summed E-state index contributed by atoms with van der Waals surface area (Å²) in [5, 5.41) is 11.7. The van der Waals surface area contributed by atoms with Crippen molar-refractivity contribution in [1.29, 1.82) is 0 Å². The number of nitrogens with two attached hydrogens (primary N) is 3. The van der Waals surface area contributed by atoms with Crippen molar-refractivity contribution in [2.24, 2.45) is 23.1 Å². The van der Waals surface area contributed by atoms with Crippen LogP contribution in [-0.2, 0) is 16.2 Å². The topological polar surface area (TPSA) is 165 Å². The van der Waals surface area contributed by atoms with Crippen molar-refractivity contribution in [3.63, 3.8) is 0 Å². The quantitative estimate of drug-likeness (QED) is 0.398. The molecule has 0 bridgehead atoms. The molecular formula is C18H29N5O4. The first-order valence-electron chi connectivity index (χ1n) is 8.82. The van der Waals surface area contributed by atoms with Crippen molar-refractivity contribution in [1.82, 2.24) is 5.32 Å².